The number of hydrogen-bond acceptors (Lipinski definition) is 7. The van der Waals surface area contributed by atoms with Crippen LogP contribution in [0.15, 0.2) is 47.4 Å². The number of carbonyl (C=O) groups is 1. The molecule has 1 aliphatic heterocycles. The van der Waals surface area contributed by atoms with Crippen LogP contribution in [0.3, 0.4) is 0 Å². The second-order valence-electron chi connectivity index (χ2n) is 8.92. The number of anilines is 1. The summed E-state index contributed by atoms with van der Waals surface area (Å²) in [6.45, 7) is 14.8. The lowest BCUT2D eigenvalue weighted by Gasteiger charge is -2.37. The van der Waals surface area contributed by atoms with Gasteiger partial charge in [0.2, 0.25) is 6.54 Å². The molecule has 1 N–H and O–H groups in total. The number of nitrogens with zero attached hydrogens (tertiary/aromatic N) is 4. The van der Waals surface area contributed by atoms with E-state index >= 15 is 4.39 Å². The van der Waals surface area contributed by atoms with Crippen molar-refractivity contribution in [2.75, 3.05) is 18.5 Å². The van der Waals surface area contributed by atoms with Gasteiger partial charge >= 0.3 is 5.69 Å². The predicted molar refractivity (Wildman–Crippen MR) is 139 cm³/mol. The topological polar surface area (TPSA) is 99.3 Å². The molecule has 10 nitrogen and oxygen atoms in total. The van der Waals surface area contributed by atoms with E-state index in [1.165, 1.54) is 12.3 Å². The molecule has 1 fully saturated rings. The van der Waals surface area contributed by atoms with Gasteiger partial charge in [-0.25, -0.2) is 20.4 Å². The summed E-state index contributed by atoms with van der Waals surface area (Å²) in [6, 6.07) is 9.83. The molecule has 1 aromatic heterocycles. The third-order valence-electron chi connectivity index (χ3n) is 5.51. The number of aromatic nitrogens is 2. The van der Waals surface area contributed by atoms with Crippen molar-refractivity contribution in [2.45, 2.75) is 71.3 Å². The third-order valence-corrected chi connectivity index (χ3v) is 7.64. The Morgan fingerprint density at radius 1 is 1.32 bits per heavy atom. The van der Waals surface area contributed by atoms with Gasteiger partial charge in [0.15, 0.2) is 12.4 Å². The minimum atomic E-state index is -1.80. The molecule has 1 unspecified atom stereocenters. The molecule has 0 saturated carbocycles. The zero-order valence-electron chi connectivity index (χ0n) is 22.3. The van der Waals surface area contributed by atoms with E-state index in [0.29, 0.717) is 5.56 Å². The second-order valence-corrected chi connectivity index (χ2v) is 10.3. The summed E-state index contributed by atoms with van der Waals surface area (Å²) < 4.78 is 44.4. The van der Waals surface area contributed by atoms with Crippen LogP contribution in [0.25, 0.3) is 4.85 Å². The van der Waals surface area contributed by atoms with Crippen LogP contribution in [-0.4, -0.2) is 63.7 Å². The van der Waals surface area contributed by atoms with E-state index in [-0.39, 0.29) is 38.0 Å². The molecule has 1 aliphatic rings. The number of halogens is 1. The average Bonchev–Trinajstić information content (AvgIpc) is 3.19. The maximum atomic E-state index is 15.8. The van der Waals surface area contributed by atoms with E-state index in [2.05, 4.69) is 15.1 Å². The van der Waals surface area contributed by atoms with Crippen molar-refractivity contribution in [3.8, 4) is 0 Å². The molecule has 1 saturated heterocycles. The van der Waals surface area contributed by atoms with Gasteiger partial charge in [-0.15, -0.1) is 0 Å². The molecule has 0 aliphatic carbocycles. The average molecular weight is 535 g/mol. The highest BCUT2D eigenvalue weighted by molar-refractivity contribution is 7.44. The maximum Gasteiger partial charge on any atom is 0.351 e. The highest BCUT2D eigenvalue weighted by Crippen LogP contribution is 2.50. The highest BCUT2D eigenvalue weighted by Gasteiger charge is 2.48. The fourth-order valence-electron chi connectivity index (χ4n) is 3.89. The number of amides is 1. The van der Waals surface area contributed by atoms with Crippen LogP contribution >= 0.6 is 8.53 Å². The largest absolute Gasteiger partial charge is 0.351 e. The smallest absolute Gasteiger partial charge is 0.349 e. The van der Waals surface area contributed by atoms with Crippen molar-refractivity contribution in [1.82, 2.24) is 14.2 Å². The molecule has 0 spiro atoms. The Kier molecular flexibility index (Phi) is 9.72. The molecule has 1 amide bonds. The Balaban J connectivity index is 1.79. The molecular formula is C25H33FN5O5P. The number of benzene rings is 1. The molecular weight excluding hydrogens is 500 g/mol. The van der Waals surface area contributed by atoms with E-state index in [0.717, 1.165) is 4.57 Å². The number of rotatable bonds is 11. The van der Waals surface area contributed by atoms with Crippen molar-refractivity contribution in [3.63, 3.8) is 0 Å². The lowest BCUT2D eigenvalue weighted by molar-refractivity contribution is -0.0179. The first-order valence-corrected chi connectivity index (χ1v) is 13.1. The van der Waals surface area contributed by atoms with Gasteiger partial charge in [0.25, 0.3) is 14.4 Å². The molecule has 5 atom stereocenters. The Morgan fingerprint density at radius 3 is 2.62 bits per heavy atom. The monoisotopic (exact) mass is 534 g/mol. The fourth-order valence-corrected chi connectivity index (χ4v) is 5.65. The molecule has 12 heteroatoms. The zero-order chi connectivity index (χ0) is 27.8. The summed E-state index contributed by atoms with van der Waals surface area (Å²) in [5.74, 6) is -0.426. The van der Waals surface area contributed by atoms with E-state index in [1.807, 2.05) is 32.4 Å². The van der Waals surface area contributed by atoms with E-state index in [1.54, 1.807) is 30.3 Å². The van der Waals surface area contributed by atoms with Gasteiger partial charge in [-0.2, -0.15) is 4.98 Å². The van der Waals surface area contributed by atoms with E-state index in [4.69, 9.17) is 21.7 Å². The summed E-state index contributed by atoms with van der Waals surface area (Å²) in [5, 5.41) is 2.55. The van der Waals surface area contributed by atoms with Gasteiger partial charge in [-0.3, -0.25) is 9.36 Å². The molecule has 37 heavy (non-hydrogen) atoms. The van der Waals surface area contributed by atoms with Crippen LogP contribution in [0, 0.1) is 6.57 Å². The molecule has 1 aromatic carbocycles. The van der Waals surface area contributed by atoms with Crippen LogP contribution in [0.1, 0.15) is 52.6 Å². The van der Waals surface area contributed by atoms with Crippen LogP contribution in [0.2, 0.25) is 0 Å². The maximum absolute atomic E-state index is 15.8. The third kappa shape index (κ3) is 7.18. The van der Waals surface area contributed by atoms with Crippen LogP contribution in [0.4, 0.5) is 10.2 Å². The molecule has 0 bridgehead atoms. The van der Waals surface area contributed by atoms with Crippen LogP contribution in [-0.2, 0) is 13.8 Å². The van der Waals surface area contributed by atoms with Crippen LogP contribution < -0.4 is 11.0 Å². The standard InChI is InChI=1S/C25H33FN5O5P/c1-16(2)31(17(3)4)37(34-15-13-27-6)36-22-18(5)35-24(21(22)26)30-14-12-20(29-25(30)33)28-23(32)19-10-8-7-9-11-19/h7-12,14,16-18,21-22,24H,13,15H2,1-5H3,(H,28,29,32,33)/t18-,21-,22-,24-,37?/m1/s1/i5D. The van der Waals surface area contributed by atoms with Crippen molar-refractivity contribution in [1.29, 1.82) is 0 Å². The lowest BCUT2D eigenvalue weighted by atomic mass is 10.2. The van der Waals surface area contributed by atoms with Crippen LogP contribution in [0.5, 0.6) is 0 Å². The fraction of sp³-hybridized carbons (Fsp3) is 0.520. The van der Waals surface area contributed by atoms with Crippen molar-refractivity contribution in [3.05, 3.63) is 70.1 Å². The van der Waals surface area contributed by atoms with E-state index in [9.17, 15) is 9.59 Å². The highest BCUT2D eigenvalue weighted by atomic mass is 31.2. The van der Waals surface area contributed by atoms with Crippen molar-refractivity contribution >= 4 is 20.3 Å². The van der Waals surface area contributed by atoms with Gasteiger partial charge in [-0.05, 0) is 52.8 Å². The Hall–Kier alpha value is -2.74. The van der Waals surface area contributed by atoms with Gasteiger partial charge in [0.05, 0.1) is 6.10 Å². The minimum absolute atomic E-state index is 0.00476. The first kappa shape index (κ1) is 27.3. The molecule has 200 valence electrons. The lowest BCUT2D eigenvalue weighted by Crippen LogP contribution is -2.38. The Morgan fingerprint density at radius 2 is 2.03 bits per heavy atom. The molecule has 2 heterocycles. The minimum Gasteiger partial charge on any atom is -0.349 e. The van der Waals surface area contributed by atoms with Gasteiger partial charge in [0, 0.05) is 25.2 Å². The van der Waals surface area contributed by atoms with Gasteiger partial charge in [-0.1, -0.05) is 18.2 Å². The molecule has 2 aromatic rings. The summed E-state index contributed by atoms with van der Waals surface area (Å²) in [6.07, 6.45) is -4.03. The van der Waals surface area contributed by atoms with Crippen molar-refractivity contribution in [2.24, 2.45) is 0 Å². The summed E-state index contributed by atoms with van der Waals surface area (Å²) in [5.41, 5.74) is -0.430. The summed E-state index contributed by atoms with van der Waals surface area (Å²) >= 11 is 0. The first-order chi connectivity index (χ1) is 18.2. The number of alkyl halides is 1. The normalized spacial score (nSPS) is 22.7. The summed E-state index contributed by atoms with van der Waals surface area (Å²) in [4.78, 5) is 32.3. The van der Waals surface area contributed by atoms with Crippen molar-refractivity contribution < 1.29 is 24.3 Å². The molecule has 0 radical (unpaired) electrons. The van der Waals surface area contributed by atoms with E-state index < -0.39 is 44.7 Å². The number of ether oxygens (including phenoxy) is 1. The second kappa shape index (κ2) is 13.2. The summed E-state index contributed by atoms with van der Waals surface area (Å²) in [7, 11) is -1.78. The SMILES string of the molecule is [2H]C[C@H]1O[C@@H](n2ccc(NC(=O)c3ccccc3)nc2=O)[C@H](F)[C@@H]1OP(OCC[N+]#[C-])N(C(C)C)C(C)C. The Bertz CT molecular complexity index is 1160. The molecule has 3 rings (SSSR count). The number of nitrogens with one attached hydrogen (secondary N) is 1. The van der Waals surface area contributed by atoms with Gasteiger partial charge < -0.3 is 23.9 Å². The van der Waals surface area contributed by atoms with Gasteiger partial charge in [0.1, 0.15) is 18.5 Å². The zero-order valence-corrected chi connectivity index (χ0v) is 22.2. The number of hydrogen-bond donors (Lipinski definition) is 1. The Labute approximate surface area is 218 Å². The first-order valence-electron chi connectivity index (χ1n) is 12.6. The number of carbonyl (C=O) groups excluding carboxylic acids is 1. The quantitative estimate of drug-likeness (QED) is 0.259. The predicted octanol–water partition coefficient (Wildman–Crippen LogP) is 4.42.